The zero-order valence-corrected chi connectivity index (χ0v) is 13.8. The van der Waals surface area contributed by atoms with Crippen molar-refractivity contribution in [3.63, 3.8) is 0 Å². The van der Waals surface area contributed by atoms with E-state index in [1.807, 2.05) is 0 Å². The summed E-state index contributed by atoms with van der Waals surface area (Å²) in [5.74, 6) is -7.72. The van der Waals surface area contributed by atoms with E-state index in [0.717, 1.165) is 0 Å². The van der Waals surface area contributed by atoms with Gasteiger partial charge in [0.15, 0.2) is 6.61 Å². The Labute approximate surface area is 147 Å². The lowest BCUT2D eigenvalue weighted by Crippen LogP contribution is -2.64. The zero-order valence-electron chi connectivity index (χ0n) is 13.8. The number of carboxylic acids is 4. The fourth-order valence-corrected chi connectivity index (χ4v) is 2.77. The molecule has 0 aromatic carbocycles. The van der Waals surface area contributed by atoms with E-state index in [0.29, 0.717) is 0 Å². The Bertz CT molecular complexity index is 560. The van der Waals surface area contributed by atoms with E-state index in [-0.39, 0.29) is 19.4 Å². The molecule has 26 heavy (non-hydrogen) atoms. The molecular formula is C14H22N2O10. The van der Waals surface area contributed by atoms with Crippen LogP contribution in [0.15, 0.2) is 0 Å². The minimum Gasteiger partial charge on any atom is -0.481 e. The molecule has 12 heteroatoms. The third-order valence-electron chi connectivity index (χ3n) is 3.91. The van der Waals surface area contributed by atoms with E-state index in [9.17, 15) is 34.2 Å². The molecule has 148 valence electrons. The summed E-state index contributed by atoms with van der Waals surface area (Å²) < 4.78 is 4.47. The summed E-state index contributed by atoms with van der Waals surface area (Å²) in [6.07, 6.45) is -3.31. The average Bonchev–Trinajstić information content (AvgIpc) is 2.47. The fourth-order valence-electron chi connectivity index (χ4n) is 2.77. The number of hydrogen-bond donors (Lipinski definition) is 6. The van der Waals surface area contributed by atoms with Gasteiger partial charge in [-0.2, -0.15) is 0 Å². The van der Waals surface area contributed by atoms with E-state index in [4.69, 9.17) is 21.7 Å². The molecule has 0 bridgehead atoms. The Balaban J connectivity index is 6.28. The summed E-state index contributed by atoms with van der Waals surface area (Å²) >= 11 is 0. The monoisotopic (exact) mass is 378 g/mol. The van der Waals surface area contributed by atoms with Crippen molar-refractivity contribution in [3.05, 3.63) is 0 Å². The third kappa shape index (κ3) is 6.29. The number of rotatable bonds is 13. The average molecular weight is 378 g/mol. The summed E-state index contributed by atoms with van der Waals surface area (Å²) in [4.78, 5) is 56.8. The van der Waals surface area contributed by atoms with Gasteiger partial charge in [0.05, 0.1) is 19.3 Å². The Kier molecular flexibility index (Phi) is 8.66. The first-order chi connectivity index (χ1) is 11.9. The molecule has 0 saturated carbocycles. The number of nitrogens with two attached hydrogens (primary N) is 2. The molecule has 0 saturated heterocycles. The highest BCUT2D eigenvalue weighted by Crippen LogP contribution is 2.44. The maximum absolute atomic E-state index is 12.4. The van der Waals surface area contributed by atoms with Crippen LogP contribution in [0.2, 0.25) is 0 Å². The topological polar surface area (TPSA) is 228 Å². The van der Waals surface area contributed by atoms with Crippen molar-refractivity contribution in [2.24, 2.45) is 16.9 Å². The Morgan fingerprint density at radius 3 is 1.62 bits per heavy atom. The van der Waals surface area contributed by atoms with E-state index >= 15 is 0 Å². The first kappa shape index (κ1) is 23.3. The molecule has 0 aliphatic rings. The first-order valence-corrected chi connectivity index (χ1v) is 7.43. The van der Waals surface area contributed by atoms with E-state index in [2.05, 4.69) is 4.74 Å². The molecule has 0 rings (SSSR count). The number of carbonyl (C=O) groups is 5. The van der Waals surface area contributed by atoms with Gasteiger partial charge in [-0.25, -0.2) is 4.79 Å². The predicted molar refractivity (Wildman–Crippen MR) is 83.0 cm³/mol. The standard InChI is InChI=1S/C14H22N2O10/c15-3-1-2-13(4-8(17)18,5-9(19)20)14(16,6-10(21)22)12(25)26-7-11(23)24/h1-7,15-16H2,(H,17,18)(H,19,20)(H,21,22)(H,23,24). The van der Waals surface area contributed by atoms with Gasteiger partial charge in [0.1, 0.15) is 5.54 Å². The van der Waals surface area contributed by atoms with E-state index < -0.39 is 66.7 Å². The highest BCUT2D eigenvalue weighted by Gasteiger charge is 2.57. The van der Waals surface area contributed by atoms with Crippen molar-refractivity contribution < 1.29 is 49.1 Å². The second kappa shape index (κ2) is 9.68. The van der Waals surface area contributed by atoms with Gasteiger partial charge in [0, 0.05) is 5.41 Å². The van der Waals surface area contributed by atoms with Crippen LogP contribution in [0.25, 0.3) is 0 Å². The molecule has 0 heterocycles. The normalized spacial score (nSPS) is 13.5. The molecule has 0 aromatic rings. The maximum atomic E-state index is 12.4. The van der Waals surface area contributed by atoms with Gasteiger partial charge in [-0.3, -0.25) is 19.2 Å². The Morgan fingerprint density at radius 2 is 1.27 bits per heavy atom. The second-order valence-corrected chi connectivity index (χ2v) is 5.83. The van der Waals surface area contributed by atoms with Gasteiger partial charge >= 0.3 is 29.8 Å². The molecule has 12 nitrogen and oxygen atoms in total. The van der Waals surface area contributed by atoms with Crippen molar-refractivity contribution in [2.75, 3.05) is 13.2 Å². The van der Waals surface area contributed by atoms with Crippen LogP contribution in [0.3, 0.4) is 0 Å². The maximum Gasteiger partial charge on any atom is 0.341 e. The Hall–Kier alpha value is -2.73. The van der Waals surface area contributed by atoms with Gasteiger partial charge in [-0.1, -0.05) is 0 Å². The predicted octanol–water partition coefficient (Wildman–Crippen LogP) is -1.54. The van der Waals surface area contributed by atoms with Gasteiger partial charge in [-0.05, 0) is 19.4 Å². The highest BCUT2D eigenvalue weighted by molar-refractivity contribution is 5.90. The summed E-state index contributed by atoms with van der Waals surface area (Å²) in [5, 5.41) is 36.1. The smallest absolute Gasteiger partial charge is 0.341 e. The van der Waals surface area contributed by atoms with Crippen LogP contribution in [0.1, 0.15) is 32.1 Å². The summed E-state index contributed by atoms with van der Waals surface area (Å²) in [6, 6.07) is 0. The van der Waals surface area contributed by atoms with Crippen molar-refractivity contribution >= 4 is 29.8 Å². The lowest BCUT2D eigenvalue weighted by atomic mass is 9.61. The molecule has 0 spiro atoms. The molecular weight excluding hydrogens is 356 g/mol. The lowest BCUT2D eigenvalue weighted by Gasteiger charge is -2.44. The quantitative estimate of drug-likeness (QED) is 0.200. The molecule has 0 aromatic heterocycles. The fraction of sp³-hybridized carbons (Fsp3) is 0.643. The molecule has 0 aliphatic carbocycles. The van der Waals surface area contributed by atoms with Crippen molar-refractivity contribution in [3.8, 4) is 0 Å². The number of carbonyl (C=O) groups excluding carboxylic acids is 1. The van der Waals surface area contributed by atoms with E-state index in [1.165, 1.54) is 0 Å². The number of esters is 1. The van der Waals surface area contributed by atoms with Crippen molar-refractivity contribution in [2.45, 2.75) is 37.6 Å². The minimum absolute atomic E-state index is 0.00564. The summed E-state index contributed by atoms with van der Waals surface area (Å²) in [5.41, 5.74) is 6.65. The highest BCUT2D eigenvalue weighted by atomic mass is 16.6. The van der Waals surface area contributed by atoms with Crippen molar-refractivity contribution in [1.29, 1.82) is 0 Å². The molecule has 0 aliphatic heterocycles. The van der Waals surface area contributed by atoms with Gasteiger partial charge < -0.3 is 36.6 Å². The molecule has 0 radical (unpaired) electrons. The van der Waals surface area contributed by atoms with Crippen LogP contribution in [-0.4, -0.2) is 69.0 Å². The van der Waals surface area contributed by atoms with Gasteiger partial charge in [-0.15, -0.1) is 0 Å². The SMILES string of the molecule is NCCCC(CC(=O)O)(CC(=O)O)C(N)(CC(=O)O)C(=O)OCC(=O)O. The van der Waals surface area contributed by atoms with Gasteiger partial charge in [0.2, 0.25) is 0 Å². The molecule has 1 unspecified atom stereocenters. The molecule has 8 N–H and O–H groups in total. The number of ether oxygens (including phenoxy) is 1. The third-order valence-corrected chi connectivity index (χ3v) is 3.91. The number of carboxylic acid groups (broad SMARTS) is 4. The lowest BCUT2D eigenvalue weighted by molar-refractivity contribution is -0.170. The first-order valence-electron chi connectivity index (χ1n) is 7.43. The van der Waals surface area contributed by atoms with Crippen LogP contribution < -0.4 is 11.5 Å². The number of aliphatic carboxylic acids is 4. The van der Waals surface area contributed by atoms with Crippen LogP contribution in [0.4, 0.5) is 0 Å². The second-order valence-electron chi connectivity index (χ2n) is 5.83. The van der Waals surface area contributed by atoms with E-state index in [1.54, 1.807) is 0 Å². The summed E-state index contributed by atoms with van der Waals surface area (Å²) in [7, 11) is 0. The van der Waals surface area contributed by atoms with Crippen molar-refractivity contribution in [1.82, 2.24) is 0 Å². The molecule has 1 atom stereocenters. The van der Waals surface area contributed by atoms with Crippen LogP contribution in [0.5, 0.6) is 0 Å². The number of hydrogen-bond acceptors (Lipinski definition) is 8. The van der Waals surface area contributed by atoms with Gasteiger partial charge in [0.25, 0.3) is 0 Å². The summed E-state index contributed by atoms with van der Waals surface area (Å²) in [6.45, 7) is -1.15. The Morgan fingerprint density at radius 1 is 0.808 bits per heavy atom. The molecule has 0 fully saturated rings. The minimum atomic E-state index is -2.60. The van der Waals surface area contributed by atoms with Crippen LogP contribution >= 0.6 is 0 Å². The zero-order chi connectivity index (χ0) is 20.5. The van der Waals surface area contributed by atoms with Crippen LogP contribution in [-0.2, 0) is 28.7 Å². The molecule has 0 amide bonds. The van der Waals surface area contributed by atoms with Crippen LogP contribution in [0, 0.1) is 5.41 Å². The largest absolute Gasteiger partial charge is 0.481 e.